The summed E-state index contributed by atoms with van der Waals surface area (Å²) >= 11 is 0. The van der Waals surface area contributed by atoms with Crippen LogP contribution in [0.1, 0.15) is 20.7 Å². The molecular weight excluding hydrogens is 336 g/mol. The van der Waals surface area contributed by atoms with Crippen LogP contribution in [0.3, 0.4) is 0 Å². The summed E-state index contributed by atoms with van der Waals surface area (Å²) < 4.78 is 6.84. The molecule has 1 saturated heterocycles. The van der Waals surface area contributed by atoms with Crippen molar-refractivity contribution in [1.82, 2.24) is 19.4 Å². The molecule has 1 aliphatic rings. The number of aromatic amines is 1. The molecule has 0 bridgehead atoms. The second-order valence-electron chi connectivity index (χ2n) is 6.38. The smallest absolute Gasteiger partial charge is 0.408 e. The van der Waals surface area contributed by atoms with E-state index in [0.29, 0.717) is 48.4 Å². The van der Waals surface area contributed by atoms with Crippen molar-refractivity contribution < 1.29 is 14.0 Å². The number of nitrogens with zero attached hydrogens (tertiary/aromatic N) is 3. The summed E-state index contributed by atoms with van der Waals surface area (Å²) in [6.07, 6.45) is 3.63. The molecule has 0 saturated carbocycles. The Bertz CT molecular complexity index is 1040. The van der Waals surface area contributed by atoms with E-state index < -0.39 is 5.76 Å². The second kappa shape index (κ2) is 6.21. The summed E-state index contributed by atoms with van der Waals surface area (Å²) in [6.45, 7) is 1.90. The van der Waals surface area contributed by atoms with Gasteiger partial charge >= 0.3 is 5.76 Å². The van der Waals surface area contributed by atoms with Gasteiger partial charge in [-0.3, -0.25) is 14.6 Å². The third-order valence-corrected chi connectivity index (χ3v) is 4.60. The standard InChI is InChI=1S/C18H18N4O4/c1-20-5-4-13(11-20)17(24)22-8-6-21(7-9-22)16(23)12-2-3-14-15(10-12)26-18(25)19-14/h2-5,10-11H,6-9H2,1H3,(H,19,25). The maximum atomic E-state index is 12.7. The van der Waals surface area contributed by atoms with Crippen LogP contribution in [0.15, 0.2) is 45.9 Å². The van der Waals surface area contributed by atoms with Gasteiger partial charge in [0.1, 0.15) is 0 Å². The van der Waals surface area contributed by atoms with E-state index in [-0.39, 0.29) is 11.8 Å². The number of carbonyl (C=O) groups excluding carboxylic acids is 2. The number of H-pyrrole nitrogens is 1. The van der Waals surface area contributed by atoms with E-state index in [2.05, 4.69) is 4.98 Å². The molecule has 0 unspecified atom stereocenters. The topological polar surface area (TPSA) is 91.5 Å². The average molecular weight is 354 g/mol. The Morgan fingerprint density at radius 2 is 1.65 bits per heavy atom. The fraction of sp³-hybridized carbons (Fsp3) is 0.278. The lowest BCUT2D eigenvalue weighted by atomic mass is 10.1. The van der Waals surface area contributed by atoms with Gasteiger partial charge in [-0.05, 0) is 24.3 Å². The van der Waals surface area contributed by atoms with Gasteiger partial charge in [0.05, 0.1) is 11.1 Å². The Labute approximate surface area is 148 Å². The molecule has 2 aromatic heterocycles. The minimum absolute atomic E-state index is 0.0202. The van der Waals surface area contributed by atoms with Crippen LogP contribution < -0.4 is 5.76 Å². The number of piperazine rings is 1. The Kier molecular flexibility index (Phi) is 3.87. The largest absolute Gasteiger partial charge is 0.417 e. The van der Waals surface area contributed by atoms with Crippen molar-refractivity contribution in [1.29, 1.82) is 0 Å². The van der Waals surface area contributed by atoms with Crippen LogP contribution in [0.25, 0.3) is 11.1 Å². The highest BCUT2D eigenvalue weighted by Gasteiger charge is 2.26. The number of rotatable bonds is 2. The first-order valence-corrected chi connectivity index (χ1v) is 8.35. The second-order valence-corrected chi connectivity index (χ2v) is 6.38. The Morgan fingerprint density at radius 3 is 2.27 bits per heavy atom. The first-order chi connectivity index (χ1) is 12.5. The third-order valence-electron chi connectivity index (χ3n) is 4.60. The van der Waals surface area contributed by atoms with Crippen LogP contribution in [0.4, 0.5) is 0 Å². The molecule has 1 N–H and O–H groups in total. The van der Waals surface area contributed by atoms with Gasteiger partial charge in [0.25, 0.3) is 11.8 Å². The number of fused-ring (bicyclic) bond motifs is 1. The molecule has 1 fully saturated rings. The van der Waals surface area contributed by atoms with Crippen LogP contribution in [0.2, 0.25) is 0 Å². The minimum Gasteiger partial charge on any atom is -0.408 e. The van der Waals surface area contributed by atoms with E-state index in [4.69, 9.17) is 4.42 Å². The Morgan fingerprint density at radius 1 is 1.00 bits per heavy atom. The van der Waals surface area contributed by atoms with Gasteiger partial charge in [0.2, 0.25) is 0 Å². The summed E-state index contributed by atoms with van der Waals surface area (Å²) in [5.41, 5.74) is 2.03. The molecule has 3 aromatic rings. The van der Waals surface area contributed by atoms with Crippen molar-refractivity contribution in [2.24, 2.45) is 7.05 Å². The van der Waals surface area contributed by atoms with Crippen molar-refractivity contribution in [3.05, 3.63) is 58.3 Å². The molecule has 8 nitrogen and oxygen atoms in total. The molecule has 3 heterocycles. The Balaban J connectivity index is 1.44. The highest BCUT2D eigenvalue weighted by molar-refractivity contribution is 5.97. The minimum atomic E-state index is -0.544. The van der Waals surface area contributed by atoms with E-state index in [0.717, 1.165) is 0 Å². The molecular formula is C18H18N4O4. The van der Waals surface area contributed by atoms with Gasteiger partial charge in [0.15, 0.2) is 5.58 Å². The average Bonchev–Trinajstić information content (AvgIpc) is 3.24. The molecule has 2 amide bonds. The zero-order chi connectivity index (χ0) is 18.3. The van der Waals surface area contributed by atoms with Gasteiger partial charge in [-0.1, -0.05) is 0 Å². The van der Waals surface area contributed by atoms with Gasteiger partial charge in [-0.15, -0.1) is 0 Å². The maximum Gasteiger partial charge on any atom is 0.417 e. The first-order valence-electron chi connectivity index (χ1n) is 8.35. The van der Waals surface area contributed by atoms with Crippen LogP contribution in [-0.2, 0) is 7.05 Å². The molecule has 0 spiro atoms. The predicted octanol–water partition coefficient (Wildman–Crippen LogP) is 1.06. The van der Waals surface area contributed by atoms with Crippen LogP contribution in [0.5, 0.6) is 0 Å². The summed E-state index contributed by atoms with van der Waals surface area (Å²) in [5, 5.41) is 0. The summed E-state index contributed by atoms with van der Waals surface area (Å²) in [4.78, 5) is 42.4. The van der Waals surface area contributed by atoms with Crippen molar-refractivity contribution in [3.63, 3.8) is 0 Å². The first kappa shape index (κ1) is 16.2. The quantitative estimate of drug-likeness (QED) is 0.745. The van der Waals surface area contributed by atoms with E-state index in [1.54, 1.807) is 40.3 Å². The predicted molar refractivity (Wildman–Crippen MR) is 94.1 cm³/mol. The zero-order valence-electron chi connectivity index (χ0n) is 14.3. The van der Waals surface area contributed by atoms with Crippen molar-refractivity contribution >= 4 is 22.9 Å². The number of aromatic nitrogens is 2. The Hall–Kier alpha value is -3.29. The third kappa shape index (κ3) is 2.90. The van der Waals surface area contributed by atoms with Crippen molar-refractivity contribution in [2.75, 3.05) is 26.2 Å². The summed E-state index contributed by atoms with van der Waals surface area (Å²) in [6, 6.07) is 6.68. The van der Waals surface area contributed by atoms with E-state index in [1.165, 1.54) is 0 Å². The fourth-order valence-electron chi connectivity index (χ4n) is 3.19. The molecule has 4 rings (SSSR count). The highest BCUT2D eigenvalue weighted by Crippen LogP contribution is 2.16. The van der Waals surface area contributed by atoms with Crippen LogP contribution in [-0.4, -0.2) is 57.3 Å². The SMILES string of the molecule is Cn1ccc(C(=O)N2CCN(C(=O)c3ccc4[nH]c(=O)oc4c3)CC2)c1. The van der Waals surface area contributed by atoms with Gasteiger partial charge in [0, 0.05) is 51.2 Å². The summed E-state index contributed by atoms with van der Waals surface area (Å²) in [5.74, 6) is -0.701. The lowest BCUT2D eigenvalue weighted by Crippen LogP contribution is -2.50. The van der Waals surface area contributed by atoms with Crippen molar-refractivity contribution in [2.45, 2.75) is 0 Å². The number of nitrogens with one attached hydrogen (secondary N) is 1. The number of oxazole rings is 1. The molecule has 134 valence electrons. The van der Waals surface area contributed by atoms with E-state index >= 15 is 0 Å². The van der Waals surface area contributed by atoms with Gasteiger partial charge in [-0.2, -0.15) is 0 Å². The highest BCUT2D eigenvalue weighted by atomic mass is 16.4. The molecule has 1 aliphatic heterocycles. The van der Waals surface area contributed by atoms with E-state index in [1.807, 2.05) is 17.8 Å². The fourth-order valence-corrected chi connectivity index (χ4v) is 3.19. The van der Waals surface area contributed by atoms with Crippen LogP contribution in [0, 0.1) is 0 Å². The number of benzene rings is 1. The zero-order valence-corrected chi connectivity index (χ0v) is 14.3. The van der Waals surface area contributed by atoms with Gasteiger partial charge in [-0.25, -0.2) is 4.79 Å². The number of aryl methyl sites for hydroxylation is 1. The normalized spacial score (nSPS) is 14.8. The number of hydrogen-bond acceptors (Lipinski definition) is 4. The lowest BCUT2D eigenvalue weighted by molar-refractivity contribution is 0.0535. The van der Waals surface area contributed by atoms with E-state index in [9.17, 15) is 14.4 Å². The number of carbonyl (C=O) groups is 2. The number of amides is 2. The lowest BCUT2D eigenvalue weighted by Gasteiger charge is -2.34. The molecule has 0 aliphatic carbocycles. The molecule has 1 aromatic carbocycles. The van der Waals surface area contributed by atoms with Crippen molar-refractivity contribution in [3.8, 4) is 0 Å². The molecule has 0 radical (unpaired) electrons. The molecule has 0 atom stereocenters. The molecule has 8 heteroatoms. The molecule has 26 heavy (non-hydrogen) atoms. The van der Waals surface area contributed by atoms with Crippen LogP contribution >= 0.6 is 0 Å². The van der Waals surface area contributed by atoms with Gasteiger partial charge < -0.3 is 18.8 Å². The summed E-state index contributed by atoms with van der Waals surface area (Å²) in [7, 11) is 1.87. The monoisotopic (exact) mass is 354 g/mol. The maximum absolute atomic E-state index is 12.7. The number of hydrogen-bond donors (Lipinski definition) is 1.